The van der Waals surface area contributed by atoms with Gasteiger partial charge in [0.1, 0.15) is 0 Å². The Bertz CT molecular complexity index is 776. The molecule has 0 spiro atoms. The second kappa shape index (κ2) is 4.82. The molecule has 1 heterocycles. The molecule has 1 aromatic heterocycles. The van der Waals surface area contributed by atoms with Crippen LogP contribution in [0.1, 0.15) is 23.6 Å². The Hall–Kier alpha value is -2.46. The van der Waals surface area contributed by atoms with Crippen molar-refractivity contribution in [3.05, 3.63) is 65.9 Å². The predicted molar refractivity (Wildman–Crippen MR) is 82.0 cm³/mol. The second-order valence-corrected chi connectivity index (χ2v) is 5.43. The highest BCUT2D eigenvalue weighted by atomic mass is 15.4. The molecular formula is C17H16N4. The molecule has 3 aromatic rings. The summed E-state index contributed by atoms with van der Waals surface area (Å²) in [6.45, 7) is 0. The van der Waals surface area contributed by atoms with Crippen LogP contribution in [0.4, 0.5) is 0 Å². The van der Waals surface area contributed by atoms with Crippen LogP contribution < -0.4 is 5.73 Å². The summed E-state index contributed by atoms with van der Waals surface area (Å²) >= 11 is 0. The second-order valence-electron chi connectivity index (χ2n) is 5.43. The number of hydrogen-bond acceptors (Lipinski definition) is 3. The van der Waals surface area contributed by atoms with Gasteiger partial charge >= 0.3 is 0 Å². The van der Waals surface area contributed by atoms with Gasteiger partial charge in [0.05, 0.1) is 17.6 Å². The molecule has 0 amide bonds. The minimum Gasteiger partial charge on any atom is -0.324 e. The van der Waals surface area contributed by atoms with E-state index in [1.54, 1.807) is 0 Å². The van der Waals surface area contributed by atoms with Gasteiger partial charge in [-0.3, -0.25) is 0 Å². The normalized spacial score (nSPS) is 16.9. The highest BCUT2D eigenvalue weighted by molar-refractivity contribution is 5.63. The topological polar surface area (TPSA) is 56.7 Å². The van der Waals surface area contributed by atoms with E-state index >= 15 is 0 Å². The van der Waals surface area contributed by atoms with Crippen LogP contribution in [0.2, 0.25) is 0 Å². The number of nitrogens with zero attached hydrogens (tertiary/aromatic N) is 3. The molecule has 0 saturated heterocycles. The van der Waals surface area contributed by atoms with Crippen LogP contribution >= 0.6 is 0 Å². The largest absolute Gasteiger partial charge is 0.324 e. The van der Waals surface area contributed by atoms with Crippen molar-refractivity contribution in [2.45, 2.75) is 18.9 Å². The maximum absolute atomic E-state index is 6.11. The van der Waals surface area contributed by atoms with Gasteiger partial charge in [0.25, 0.3) is 0 Å². The maximum Gasteiger partial charge on any atom is 0.0944 e. The fraction of sp³-hybridized carbons (Fsp3) is 0.176. The van der Waals surface area contributed by atoms with Crippen LogP contribution in [-0.4, -0.2) is 15.0 Å². The van der Waals surface area contributed by atoms with Gasteiger partial charge < -0.3 is 5.73 Å². The highest BCUT2D eigenvalue weighted by Gasteiger charge is 2.20. The fourth-order valence-electron chi connectivity index (χ4n) is 3.00. The summed E-state index contributed by atoms with van der Waals surface area (Å²) in [5.41, 5.74) is 11.9. The summed E-state index contributed by atoms with van der Waals surface area (Å²) in [5, 5.41) is 8.28. The van der Waals surface area contributed by atoms with Gasteiger partial charge in [-0.1, -0.05) is 35.5 Å². The molecule has 2 N–H and O–H groups in total. The van der Waals surface area contributed by atoms with Gasteiger partial charge in [-0.2, -0.15) is 0 Å². The van der Waals surface area contributed by atoms with Gasteiger partial charge in [-0.15, -0.1) is 5.10 Å². The Kier molecular flexibility index (Phi) is 2.82. The van der Waals surface area contributed by atoms with E-state index in [-0.39, 0.29) is 6.04 Å². The molecule has 1 atom stereocenters. The maximum atomic E-state index is 6.11. The lowest BCUT2D eigenvalue weighted by atomic mass is 10.0. The molecule has 1 aliphatic carbocycles. The number of hydrogen-bond donors (Lipinski definition) is 1. The Balaban J connectivity index is 1.81. The first-order valence-corrected chi connectivity index (χ1v) is 7.18. The number of benzene rings is 2. The lowest BCUT2D eigenvalue weighted by Gasteiger charge is -2.09. The SMILES string of the molecule is NC1CCc2cc(-c3cnnn3-c3ccccc3)ccc21. The third-order valence-corrected chi connectivity index (χ3v) is 4.11. The van der Waals surface area contributed by atoms with Gasteiger partial charge in [0.15, 0.2) is 0 Å². The van der Waals surface area contributed by atoms with E-state index < -0.39 is 0 Å². The van der Waals surface area contributed by atoms with E-state index in [0.717, 1.165) is 29.8 Å². The Morgan fingerprint density at radius 3 is 2.81 bits per heavy atom. The Morgan fingerprint density at radius 1 is 1.10 bits per heavy atom. The predicted octanol–water partition coefficient (Wildman–Crippen LogP) is 2.88. The minimum absolute atomic E-state index is 0.186. The van der Waals surface area contributed by atoms with E-state index in [1.807, 2.05) is 41.2 Å². The first-order valence-electron chi connectivity index (χ1n) is 7.18. The molecule has 21 heavy (non-hydrogen) atoms. The highest BCUT2D eigenvalue weighted by Crippen LogP contribution is 2.32. The molecule has 0 bridgehead atoms. The van der Waals surface area contributed by atoms with Crippen LogP contribution in [-0.2, 0) is 6.42 Å². The molecule has 0 saturated carbocycles. The third-order valence-electron chi connectivity index (χ3n) is 4.11. The monoisotopic (exact) mass is 276 g/mol. The van der Waals surface area contributed by atoms with Crippen molar-refractivity contribution in [2.24, 2.45) is 5.73 Å². The third kappa shape index (κ3) is 2.04. The smallest absolute Gasteiger partial charge is 0.0944 e. The quantitative estimate of drug-likeness (QED) is 0.783. The van der Waals surface area contributed by atoms with Crippen LogP contribution in [0.3, 0.4) is 0 Å². The fourth-order valence-corrected chi connectivity index (χ4v) is 3.00. The molecule has 1 aliphatic rings. The molecule has 2 aromatic carbocycles. The van der Waals surface area contributed by atoms with Gasteiger partial charge in [-0.25, -0.2) is 4.68 Å². The van der Waals surface area contributed by atoms with Crippen molar-refractivity contribution in [1.29, 1.82) is 0 Å². The summed E-state index contributed by atoms with van der Waals surface area (Å²) in [7, 11) is 0. The van der Waals surface area contributed by atoms with Gasteiger partial charge in [0.2, 0.25) is 0 Å². The molecule has 0 radical (unpaired) electrons. The van der Waals surface area contributed by atoms with Crippen LogP contribution in [0.5, 0.6) is 0 Å². The molecule has 0 aliphatic heterocycles. The number of aromatic nitrogens is 3. The van der Waals surface area contributed by atoms with Gasteiger partial charge in [0, 0.05) is 11.6 Å². The molecule has 1 unspecified atom stereocenters. The van der Waals surface area contributed by atoms with Crippen molar-refractivity contribution in [1.82, 2.24) is 15.0 Å². The lowest BCUT2D eigenvalue weighted by molar-refractivity contribution is 0.713. The number of para-hydroxylation sites is 1. The summed E-state index contributed by atoms with van der Waals surface area (Å²) in [4.78, 5) is 0. The molecule has 4 rings (SSSR count). The van der Waals surface area contributed by atoms with Crippen molar-refractivity contribution in [3.8, 4) is 16.9 Å². The van der Waals surface area contributed by atoms with Crippen molar-refractivity contribution in [2.75, 3.05) is 0 Å². The molecular weight excluding hydrogens is 260 g/mol. The zero-order valence-corrected chi connectivity index (χ0v) is 11.6. The molecule has 0 fully saturated rings. The number of fused-ring (bicyclic) bond motifs is 1. The van der Waals surface area contributed by atoms with E-state index in [2.05, 4.69) is 28.5 Å². The van der Waals surface area contributed by atoms with Crippen LogP contribution in [0, 0.1) is 0 Å². The Morgan fingerprint density at radius 2 is 1.95 bits per heavy atom. The number of rotatable bonds is 2. The van der Waals surface area contributed by atoms with Crippen molar-refractivity contribution in [3.63, 3.8) is 0 Å². The first-order chi connectivity index (χ1) is 10.3. The van der Waals surface area contributed by atoms with Crippen LogP contribution in [0.25, 0.3) is 16.9 Å². The summed E-state index contributed by atoms with van der Waals surface area (Å²) in [5.74, 6) is 0. The summed E-state index contributed by atoms with van der Waals surface area (Å²) < 4.78 is 1.87. The zero-order chi connectivity index (χ0) is 14.2. The summed E-state index contributed by atoms with van der Waals surface area (Å²) in [6, 6.07) is 16.7. The van der Waals surface area contributed by atoms with Crippen molar-refractivity contribution < 1.29 is 0 Å². The number of nitrogens with two attached hydrogens (primary N) is 1. The lowest BCUT2D eigenvalue weighted by Crippen LogP contribution is -2.05. The van der Waals surface area contributed by atoms with Gasteiger partial charge in [-0.05, 0) is 42.2 Å². The van der Waals surface area contributed by atoms with Crippen molar-refractivity contribution >= 4 is 0 Å². The van der Waals surface area contributed by atoms with E-state index in [0.29, 0.717) is 0 Å². The van der Waals surface area contributed by atoms with E-state index in [4.69, 9.17) is 5.73 Å². The van der Waals surface area contributed by atoms with E-state index in [9.17, 15) is 0 Å². The average Bonchev–Trinajstić information content (AvgIpc) is 3.15. The molecule has 4 heteroatoms. The number of aryl methyl sites for hydroxylation is 1. The molecule has 4 nitrogen and oxygen atoms in total. The standard InChI is InChI=1S/C17H16N4/c18-16-9-7-12-10-13(6-8-15(12)16)17-11-19-20-21(17)14-4-2-1-3-5-14/h1-6,8,10-11,16H,7,9,18H2. The van der Waals surface area contributed by atoms with E-state index in [1.165, 1.54) is 11.1 Å². The Labute approximate surface area is 123 Å². The minimum atomic E-state index is 0.186. The zero-order valence-electron chi connectivity index (χ0n) is 11.6. The van der Waals surface area contributed by atoms with Crippen LogP contribution in [0.15, 0.2) is 54.7 Å². The average molecular weight is 276 g/mol. The first kappa shape index (κ1) is 12.3. The molecule has 104 valence electrons. The summed E-state index contributed by atoms with van der Waals surface area (Å²) in [6.07, 6.45) is 3.90.